The minimum absolute atomic E-state index is 0.0112. The number of rotatable bonds is 6. The highest BCUT2D eigenvalue weighted by Gasteiger charge is 2.77. The van der Waals surface area contributed by atoms with E-state index >= 15 is 8.78 Å². The van der Waals surface area contributed by atoms with Crippen molar-refractivity contribution < 1.29 is 61.0 Å². The standard InChI is InChI=1S/C34H24BCl2F5N2O8/c1-2-52-19-8-4-7-17(28(19)45)21-15-9-10-16-20(30(47)43(29(16)46)14-6-3-5-13(11-14)35(50)51)18(15)12-33(36)31(48)44(32(49)34(21,33)37)27-25(41)23(39)22(38)24(40)26(27)42/h3-9,11,16,18,20-21,45,50-51H,2,10,12H2,1H3/t16-,18+,20-,21+,33+,34-/m0/s1. The first-order chi connectivity index (χ1) is 24.5. The molecule has 3 fully saturated rings. The van der Waals surface area contributed by atoms with Crippen LogP contribution >= 0.6 is 23.2 Å². The van der Waals surface area contributed by atoms with Crippen molar-refractivity contribution in [2.24, 2.45) is 17.8 Å². The summed E-state index contributed by atoms with van der Waals surface area (Å²) in [4.78, 5) is 51.8. The van der Waals surface area contributed by atoms with Gasteiger partial charge in [-0.15, -0.1) is 23.2 Å². The third-order valence-corrected chi connectivity index (χ3v) is 11.7. The predicted octanol–water partition coefficient (Wildman–Crippen LogP) is 3.93. The van der Waals surface area contributed by atoms with E-state index in [-0.39, 0.29) is 46.0 Å². The highest BCUT2D eigenvalue weighted by atomic mass is 35.5. The Hall–Kier alpha value is -4.51. The fraction of sp³-hybridized carbons (Fsp3) is 0.294. The van der Waals surface area contributed by atoms with E-state index < -0.39 is 111 Å². The van der Waals surface area contributed by atoms with Crippen molar-refractivity contribution in [2.45, 2.75) is 35.4 Å². The van der Waals surface area contributed by atoms with E-state index in [1.807, 2.05) is 0 Å². The lowest BCUT2D eigenvalue weighted by Crippen LogP contribution is -2.60. The monoisotopic (exact) mass is 764 g/mol. The Labute approximate surface area is 301 Å². The van der Waals surface area contributed by atoms with Crippen LogP contribution in [0.3, 0.4) is 0 Å². The van der Waals surface area contributed by atoms with Gasteiger partial charge < -0.3 is 19.9 Å². The third kappa shape index (κ3) is 4.63. The number of amides is 4. The number of allylic oxidation sites excluding steroid dienone is 2. The number of ether oxygens (including phenoxy) is 1. The first-order valence-electron chi connectivity index (χ1n) is 15.8. The molecule has 0 bridgehead atoms. The molecule has 3 aromatic rings. The molecule has 3 aromatic carbocycles. The molecule has 18 heteroatoms. The summed E-state index contributed by atoms with van der Waals surface area (Å²) in [5.74, 6) is -23.4. The molecule has 2 saturated heterocycles. The average Bonchev–Trinajstić information content (AvgIpc) is 3.46. The number of carbonyl (C=O) groups is 4. The molecular weight excluding hydrogens is 741 g/mol. The van der Waals surface area contributed by atoms with Crippen LogP contribution in [-0.2, 0) is 19.2 Å². The molecule has 52 heavy (non-hydrogen) atoms. The van der Waals surface area contributed by atoms with E-state index in [4.69, 9.17) is 27.9 Å². The molecule has 0 radical (unpaired) electrons. The lowest BCUT2D eigenvalue weighted by molar-refractivity contribution is -0.125. The Balaban J connectivity index is 1.44. The molecule has 0 aromatic heterocycles. The maximum Gasteiger partial charge on any atom is 0.488 e. The SMILES string of the molecule is CCOc1cccc([C@H]2C3=CC[C@@H]4C(=O)N(c5cccc(B(O)O)c5)C(=O)[C@@H]4[C@@H]3C[C@@]3(Cl)C(=O)N(c4c(F)c(F)c(F)c(F)c4F)C(=O)[C@@]23Cl)c1O. The van der Waals surface area contributed by atoms with Crippen LogP contribution in [0.2, 0.25) is 0 Å². The predicted molar refractivity (Wildman–Crippen MR) is 174 cm³/mol. The molecule has 0 unspecified atom stereocenters. The lowest BCUT2D eigenvalue weighted by atomic mass is 9.56. The van der Waals surface area contributed by atoms with Gasteiger partial charge in [-0.1, -0.05) is 35.9 Å². The Morgan fingerprint density at radius 2 is 1.50 bits per heavy atom. The first kappa shape index (κ1) is 35.9. The van der Waals surface area contributed by atoms with Gasteiger partial charge in [-0.3, -0.25) is 24.1 Å². The molecule has 10 nitrogen and oxygen atoms in total. The van der Waals surface area contributed by atoms with Crippen molar-refractivity contribution in [3.8, 4) is 11.5 Å². The lowest BCUT2D eigenvalue weighted by Gasteiger charge is -2.50. The Morgan fingerprint density at radius 3 is 2.13 bits per heavy atom. The fourth-order valence-electron chi connectivity index (χ4n) is 8.04. The summed E-state index contributed by atoms with van der Waals surface area (Å²) < 4.78 is 79.0. The molecule has 1 saturated carbocycles. The van der Waals surface area contributed by atoms with E-state index in [2.05, 4.69) is 0 Å². The van der Waals surface area contributed by atoms with Gasteiger partial charge in [-0.05, 0) is 49.3 Å². The number of aromatic hydroxyl groups is 1. The van der Waals surface area contributed by atoms with Crippen molar-refractivity contribution in [1.82, 2.24) is 0 Å². The zero-order valence-corrected chi connectivity index (χ0v) is 28.1. The van der Waals surface area contributed by atoms with Gasteiger partial charge in [0.1, 0.15) is 5.69 Å². The highest BCUT2D eigenvalue weighted by Crippen LogP contribution is 2.67. The molecule has 4 aliphatic rings. The number of phenols is 1. The molecule has 6 atom stereocenters. The van der Waals surface area contributed by atoms with Gasteiger partial charge in [0.05, 0.1) is 24.1 Å². The molecule has 2 aliphatic carbocycles. The number of anilines is 2. The largest absolute Gasteiger partial charge is 0.504 e. The quantitative estimate of drug-likeness (QED) is 0.0652. The number of imide groups is 2. The van der Waals surface area contributed by atoms with Gasteiger partial charge in [0, 0.05) is 11.5 Å². The van der Waals surface area contributed by atoms with Gasteiger partial charge >= 0.3 is 7.12 Å². The van der Waals surface area contributed by atoms with Crippen LogP contribution in [0.4, 0.5) is 33.3 Å². The number of phenolic OH excluding ortho intramolecular Hbond substituents is 1. The topological polar surface area (TPSA) is 145 Å². The first-order valence-corrected chi connectivity index (χ1v) is 16.5. The number of para-hydroxylation sites is 1. The summed E-state index contributed by atoms with van der Waals surface area (Å²) in [6.07, 6.45) is 0.589. The van der Waals surface area contributed by atoms with Crippen LogP contribution < -0.4 is 20.0 Å². The minimum atomic E-state index is -2.83. The molecule has 7 rings (SSSR count). The van der Waals surface area contributed by atoms with E-state index in [1.165, 1.54) is 48.5 Å². The number of benzene rings is 3. The summed E-state index contributed by atoms with van der Waals surface area (Å²) in [6, 6.07) is 9.36. The average molecular weight is 765 g/mol. The highest BCUT2D eigenvalue weighted by molar-refractivity contribution is 6.59. The van der Waals surface area contributed by atoms with E-state index in [0.717, 1.165) is 4.90 Å². The summed E-state index contributed by atoms with van der Waals surface area (Å²) in [5.41, 5.74) is -2.05. The number of carbonyl (C=O) groups excluding carboxylic acids is 4. The number of nitrogens with zero attached hydrogens (tertiary/aromatic N) is 2. The molecule has 4 amide bonds. The summed E-state index contributed by atoms with van der Waals surface area (Å²) in [7, 11) is -1.94. The van der Waals surface area contributed by atoms with Gasteiger partial charge in [0.25, 0.3) is 11.8 Å². The minimum Gasteiger partial charge on any atom is -0.504 e. The van der Waals surface area contributed by atoms with Crippen molar-refractivity contribution in [3.05, 3.63) is 88.8 Å². The van der Waals surface area contributed by atoms with Crippen LogP contribution in [0.15, 0.2) is 54.1 Å². The number of alkyl halides is 2. The third-order valence-electron chi connectivity index (χ3n) is 10.3. The van der Waals surface area contributed by atoms with E-state index in [9.17, 15) is 47.5 Å². The number of hydrogen-bond donors (Lipinski definition) is 3. The Kier molecular flexibility index (Phi) is 8.48. The zero-order chi connectivity index (χ0) is 37.8. The van der Waals surface area contributed by atoms with Crippen LogP contribution in [0.25, 0.3) is 0 Å². The zero-order valence-electron chi connectivity index (χ0n) is 26.5. The van der Waals surface area contributed by atoms with Gasteiger partial charge in [-0.25, -0.2) is 26.9 Å². The molecule has 0 spiro atoms. The van der Waals surface area contributed by atoms with E-state index in [1.54, 1.807) is 6.92 Å². The maximum absolute atomic E-state index is 15.3. The second-order valence-corrected chi connectivity index (χ2v) is 14.0. The summed E-state index contributed by atoms with van der Waals surface area (Å²) >= 11 is 14.2. The van der Waals surface area contributed by atoms with Gasteiger partial charge in [-0.2, -0.15) is 0 Å². The summed E-state index contributed by atoms with van der Waals surface area (Å²) in [6.45, 7) is 1.65. The van der Waals surface area contributed by atoms with Gasteiger partial charge in [0.15, 0.2) is 44.5 Å². The van der Waals surface area contributed by atoms with Crippen molar-refractivity contribution >= 4 is 70.8 Å². The van der Waals surface area contributed by atoms with Crippen LogP contribution in [0.1, 0.15) is 31.2 Å². The molecule has 3 N–H and O–H groups in total. The Morgan fingerprint density at radius 1 is 0.865 bits per heavy atom. The number of fused-ring (bicyclic) bond motifs is 4. The summed E-state index contributed by atoms with van der Waals surface area (Å²) in [5, 5.41) is 30.8. The maximum atomic E-state index is 15.3. The second-order valence-electron chi connectivity index (χ2n) is 12.8. The molecule has 270 valence electrons. The fourth-order valence-corrected chi connectivity index (χ4v) is 8.96. The molecule has 2 heterocycles. The van der Waals surface area contributed by atoms with E-state index in [0.29, 0.717) is 0 Å². The Bertz CT molecular complexity index is 2130. The molecular formula is C34H24BCl2F5N2O8. The van der Waals surface area contributed by atoms with Crippen LogP contribution in [0.5, 0.6) is 11.5 Å². The van der Waals surface area contributed by atoms with Crippen LogP contribution in [-0.4, -0.2) is 62.3 Å². The van der Waals surface area contributed by atoms with Crippen molar-refractivity contribution in [1.29, 1.82) is 0 Å². The van der Waals surface area contributed by atoms with Crippen molar-refractivity contribution in [3.63, 3.8) is 0 Å². The van der Waals surface area contributed by atoms with Crippen LogP contribution in [0, 0.1) is 46.8 Å². The number of halogens is 7. The smallest absolute Gasteiger partial charge is 0.488 e. The normalized spacial score (nSPS) is 28.2. The van der Waals surface area contributed by atoms with Crippen molar-refractivity contribution in [2.75, 3.05) is 16.4 Å². The second kappa shape index (κ2) is 12.3. The van der Waals surface area contributed by atoms with Gasteiger partial charge in [0.2, 0.25) is 17.6 Å². The number of hydrogen-bond acceptors (Lipinski definition) is 8. The molecule has 2 aliphatic heterocycles.